The van der Waals surface area contributed by atoms with Gasteiger partial charge in [0.25, 0.3) is 0 Å². The molecule has 208 valence electrons. The fraction of sp³-hybridized carbons (Fsp3) is 0.788. The fourth-order valence-corrected chi connectivity index (χ4v) is 7.79. The predicted octanol–water partition coefficient (Wildman–Crippen LogP) is 8.58. The number of hydrogen-bond acceptors (Lipinski definition) is 3. The van der Waals surface area contributed by atoms with Crippen molar-refractivity contribution >= 4 is 5.97 Å². The number of ether oxygens (including phenoxy) is 1. The summed E-state index contributed by atoms with van der Waals surface area (Å²) in [5.74, 6) is 1.58. The topological polar surface area (TPSA) is 29.5 Å². The van der Waals surface area contributed by atoms with Crippen LogP contribution >= 0.6 is 0 Å². The number of halogens is 1. The van der Waals surface area contributed by atoms with Crippen molar-refractivity contribution in [2.75, 3.05) is 19.7 Å². The summed E-state index contributed by atoms with van der Waals surface area (Å²) in [6.07, 6.45) is 19.9. The summed E-state index contributed by atoms with van der Waals surface area (Å²) in [5, 5.41) is 0. The van der Waals surface area contributed by atoms with Crippen LogP contribution in [0, 0.1) is 30.5 Å². The maximum atomic E-state index is 15.6. The number of hydrogen-bond donors (Lipinski definition) is 0. The summed E-state index contributed by atoms with van der Waals surface area (Å²) < 4.78 is 21.0. The molecule has 0 aliphatic heterocycles. The Bertz CT molecular complexity index is 828. The van der Waals surface area contributed by atoms with Crippen LogP contribution in [-0.2, 0) is 9.53 Å². The highest BCUT2D eigenvalue weighted by molar-refractivity contribution is 5.69. The Balaban J connectivity index is 1.61. The average Bonchev–Trinajstić information content (AvgIpc) is 3.16. The third kappa shape index (κ3) is 8.28. The molecule has 1 aromatic rings. The lowest BCUT2D eigenvalue weighted by Crippen LogP contribution is -2.47. The van der Waals surface area contributed by atoms with Gasteiger partial charge in [0.05, 0.1) is 6.61 Å². The normalized spacial score (nSPS) is 26.2. The largest absolute Gasteiger partial charge is 0.466 e. The molecule has 3 atom stereocenters. The van der Waals surface area contributed by atoms with Crippen LogP contribution < -0.4 is 0 Å². The van der Waals surface area contributed by atoms with Crippen LogP contribution in [0.2, 0.25) is 0 Å². The molecule has 3 aliphatic rings. The van der Waals surface area contributed by atoms with Crippen molar-refractivity contribution in [1.82, 2.24) is 4.90 Å². The van der Waals surface area contributed by atoms with Crippen molar-refractivity contribution < 1.29 is 13.9 Å². The smallest absolute Gasteiger partial charge is 0.306 e. The Hall–Kier alpha value is -1.42. The summed E-state index contributed by atoms with van der Waals surface area (Å²) in [6, 6.07) is 6.08. The molecule has 3 saturated carbocycles. The Morgan fingerprint density at radius 3 is 2.27 bits per heavy atom. The van der Waals surface area contributed by atoms with E-state index in [0.717, 1.165) is 55.3 Å². The molecule has 0 N–H and O–H groups in total. The van der Waals surface area contributed by atoms with Gasteiger partial charge in [-0.05, 0) is 87.4 Å². The fourth-order valence-electron chi connectivity index (χ4n) is 7.79. The van der Waals surface area contributed by atoms with Crippen LogP contribution in [0.15, 0.2) is 18.2 Å². The van der Waals surface area contributed by atoms with E-state index in [-0.39, 0.29) is 23.6 Å². The summed E-state index contributed by atoms with van der Waals surface area (Å²) >= 11 is 0. The van der Waals surface area contributed by atoms with Gasteiger partial charge in [-0.1, -0.05) is 76.3 Å². The number of aryl methyl sites for hydroxylation is 1. The quantitative estimate of drug-likeness (QED) is 0.232. The molecule has 0 heterocycles. The van der Waals surface area contributed by atoms with Gasteiger partial charge in [-0.25, -0.2) is 4.39 Å². The molecule has 0 aromatic heterocycles. The molecule has 0 bridgehead atoms. The van der Waals surface area contributed by atoms with Gasteiger partial charge in [-0.3, -0.25) is 9.69 Å². The van der Waals surface area contributed by atoms with E-state index in [0.29, 0.717) is 19.1 Å². The number of esters is 1. The molecule has 0 saturated heterocycles. The first-order chi connectivity index (χ1) is 18.0. The first-order valence-electron chi connectivity index (χ1n) is 15.7. The molecule has 3 nitrogen and oxygen atoms in total. The predicted molar refractivity (Wildman–Crippen MR) is 150 cm³/mol. The first kappa shape index (κ1) is 28.6. The third-order valence-corrected chi connectivity index (χ3v) is 9.73. The van der Waals surface area contributed by atoms with E-state index >= 15 is 4.39 Å². The number of benzene rings is 1. The molecule has 37 heavy (non-hydrogen) atoms. The zero-order valence-electron chi connectivity index (χ0n) is 23.7. The Labute approximate surface area is 225 Å². The van der Waals surface area contributed by atoms with Crippen LogP contribution in [0.3, 0.4) is 0 Å². The highest BCUT2D eigenvalue weighted by atomic mass is 19.1. The summed E-state index contributed by atoms with van der Waals surface area (Å²) in [6.45, 7) is 6.52. The lowest BCUT2D eigenvalue weighted by atomic mass is 9.70. The van der Waals surface area contributed by atoms with Gasteiger partial charge in [-0.2, -0.15) is 0 Å². The van der Waals surface area contributed by atoms with Crippen LogP contribution in [0.1, 0.15) is 127 Å². The molecule has 1 aromatic carbocycles. The van der Waals surface area contributed by atoms with Gasteiger partial charge in [-0.15, -0.1) is 0 Å². The molecular weight excluding hydrogens is 461 g/mol. The number of rotatable bonds is 10. The van der Waals surface area contributed by atoms with Crippen molar-refractivity contribution in [1.29, 1.82) is 0 Å². The van der Waals surface area contributed by atoms with Crippen molar-refractivity contribution in [2.24, 2.45) is 17.8 Å². The van der Waals surface area contributed by atoms with Gasteiger partial charge in [0.1, 0.15) is 5.82 Å². The van der Waals surface area contributed by atoms with E-state index in [2.05, 4.69) is 11.0 Å². The number of carbonyl (C=O) groups is 1. The summed E-state index contributed by atoms with van der Waals surface area (Å²) in [7, 11) is 0. The first-order valence-corrected chi connectivity index (χ1v) is 15.7. The minimum Gasteiger partial charge on any atom is -0.466 e. The van der Waals surface area contributed by atoms with Crippen molar-refractivity contribution in [3.8, 4) is 0 Å². The van der Waals surface area contributed by atoms with E-state index in [4.69, 9.17) is 4.74 Å². The number of nitrogens with zero attached hydrogens (tertiary/aromatic N) is 1. The van der Waals surface area contributed by atoms with Crippen LogP contribution in [0.4, 0.5) is 4.39 Å². The minimum atomic E-state index is -0.122. The van der Waals surface area contributed by atoms with Crippen LogP contribution in [0.5, 0.6) is 0 Å². The molecule has 0 spiro atoms. The SMILES string of the molecule is CCOC(=O)CC1CCCC(N(CCC2CCCCC2)CC2CCCCCC2)C1c1ccc(C)cc1F. The second-order valence-corrected chi connectivity index (χ2v) is 12.5. The van der Waals surface area contributed by atoms with Gasteiger partial charge in [0, 0.05) is 24.9 Å². The summed E-state index contributed by atoms with van der Waals surface area (Å²) in [5.41, 5.74) is 1.79. The molecular formula is C33H52FNO2. The minimum absolute atomic E-state index is 0.0518. The molecule has 3 fully saturated rings. The monoisotopic (exact) mass is 513 g/mol. The molecule has 4 rings (SSSR count). The maximum Gasteiger partial charge on any atom is 0.306 e. The Morgan fingerprint density at radius 1 is 0.919 bits per heavy atom. The van der Waals surface area contributed by atoms with E-state index in [1.165, 1.54) is 77.0 Å². The third-order valence-electron chi connectivity index (χ3n) is 9.73. The van der Waals surface area contributed by atoms with Gasteiger partial charge in [0.15, 0.2) is 0 Å². The molecule has 4 heteroatoms. The zero-order valence-corrected chi connectivity index (χ0v) is 23.7. The molecule has 3 aliphatic carbocycles. The Kier molecular flexibility index (Phi) is 11.3. The lowest BCUT2D eigenvalue weighted by molar-refractivity contribution is -0.145. The molecule has 0 radical (unpaired) electrons. The zero-order chi connectivity index (χ0) is 26.0. The van der Waals surface area contributed by atoms with Crippen molar-refractivity contribution in [3.05, 3.63) is 35.1 Å². The van der Waals surface area contributed by atoms with Crippen molar-refractivity contribution in [2.45, 2.75) is 129 Å². The Morgan fingerprint density at radius 2 is 1.59 bits per heavy atom. The molecule has 3 unspecified atom stereocenters. The maximum absolute atomic E-state index is 15.6. The highest BCUT2D eigenvalue weighted by Gasteiger charge is 2.40. The number of carbonyl (C=O) groups excluding carboxylic acids is 1. The van der Waals surface area contributed by atoms with Gasteiger partial charge < -0.3 is 4.74 Å². The van der Waals surface area contributed by atoms with Crippen LogP contribution in [-0.4, -0.2) is 36.6 Å². The van der Waals surface area contributed by atoms with Crippen LogP contribution in [0.25, 0.3) is 0 Å². The van der Waals surface area contributed by atoms with E-state index in [1.807, 2.05) is 19.9 Å². The lowest BCUT2D eigenvalue weighted by Gasteiger charge is -2.46. The second kappa shape index (κ2) is 14.7. The van der Waals surface area contributed by atoms with Crippen molar-refractivity contribution in [3.63, 3.8) is 0 Å². The summed E-state index contributed by atoms with van der Waals surface area (Å²) in [4.78, 5) is 15.5. The van der Waals surface area contributed by atoms with Gasteiger partial charge in [0.2, 0.25) is 0 Å². The second-order valence-electron chi connectivity index (χ2n) is 12.5. The van der Waals surface area contributed by atoms with E-state index < -0.39 is 0 Å². The van der Waals surface area contributed by atoms with Gasteiger partial charge >= 0.3 is 5.97 Å². The highest BCUT2D eigenvalue weighted by Crippen LogP contribution is 2.44. The molecule has 0 amide bonds. The average molecular weight is 514 g/mol. The van der Waals surface area contributed by atoms with E-state index in [9.17, 15) is 4.79 Å². The standard InChI is InChI=1S/C33H52FNO2/c1-3-37-32(36)23-28-16-11-17-31(33(28)29-19-18-25(2)22-30(29)34)35(21-20-26-12-9-6-10-13-26)24-27-14-7-4-5-8-15-27/h18-19,22,26-28,31,33H,3-17,20-21,23-24H2,1-2H3. The van der Waals surface area contributed by atoms with E-state index in [1.54, 1.807) is 6.07 Å².